The number of ether oxygens (including phenoxy) is 1. The van der Waals surface area contributed by atoms with Crippen LogP contribution >= 0.6 is 11.8 Å². The summed E-state index contributed by atoms with van der Waals surface area (Å²) in [5.41, 5.74) is -1.97. The third kappa shape index (κ3) is 4.72. The van der Waals surface area contributed by atoms with Crippen molar-refractivity contribution in [2.24, 2.45) is 0 Å². The monoisotopic (exact) mass is 371 g/mol. The largest absolute Gasteiger partial charge is 0.462 e. The van der Waals surface area contributed by atoms with Crippen LogP contribution in [0, 0.1) is 10.1 Å². The van der Waals surface area contributed by atoms with Crippen molar-refractivity contribution in [2.75, 3.05) is 6.61 Å². The van der Waals surface area contributed by atoms with E-state index in [0.29, 0.717) is 10.5 Å². The maximum Gasteiger partial charge on any atom is 0.423 e. The third-order valence-corrected chi connectivity index (χ3v) is 4.07. The molecule has 0 N–H and O–H groups in total. The first-order valence-electron chi connectivity index (χ1n) is 7.03. The predicted octanol–water partition coefficient (Wildman–Crippen LogP) is 4.94. The van der Waals surface area contributed by atoms with Gasteiger partial charge in [0.25, 0.3) is 5.69 Å². The highest BCUT2D eigenvalue weighted by molar-refractivity contribution is 7.99. The Bertz CT molecular complexity index is 791. The smallest absolute Gasteiger partial charge is 0.423 e. The van der Waals surface area contributed by atoms with Gasteiger partial charge >= 0.3 is 12.1 Å². The minimum Gasteiger partial charge on any atom is -0.462 e. The predicted molar refractivity (Wildman–Crippen MR) is 84.6 cm³/mol. The first-order chi connectivity index (χ1) is 11.7. The lowest BCUT2D eigenvalue weighted by Crippen LogP contribution is -2.08. The molecule has 25 heavy (non-hydrogen) atoms. The van der Waals surface area contributed by atoms with E-state index in [2.05, 4.69) is 0 Å². The summed E-state index contributed by atoms with van der Waals surface area (Å²) in [7, 11) is 0. The Kier molecular flexibility index (Phi) is 5.68. The van der Waals surface area contributed by atoms with E-state index in [-0.39, 0.29) is 11.5 Å². The van der Waals surface area contributed by atoms with Crippen molar-refractivity contribution in [2.45, 2.75) is 22.9 Å². The van der Waals surface area contributed by atoms with Gasteiger partial charge in [-0.1, -0.05) is 11.8 Å². The molecule has 0 bridgehead atoms. The topological polar surface area (TPSA) is 69.4 Å². The Hall–Kier alpha value is -2.55. The van der Waals surface area contributed by atoms with Gasteiger partial charge in [-0.2, -0.15) is 13.2 Å². The molecule has 0 spiro atoms. The average Bonchev–Trinajstić information content (AvgIpc) is 2.54. The van der Waals surface area contributed by atoms with Gasteiger partial charge in [0, 0.05) is 15.9 Å². The number of halogens is 3. The number of hydrogen-bond donors (Lipinski definition) is 0. The molecule has 2 aromatic carbocycles. The molecule has 0 unspecified atom stereocenters. The molecule has 0 saturated heterocycles. The lowest BCUT2D eigenvalue weighted by atomic mass is 10.2. The number of hydrogen-bond acceptors (Lipinski definition) is 5. The van der Waals surface area contributed by atoms with Crippen molar-refractivity contribution in [3.8, 4) is 0 Å². The third-order valence-electron chi connectivity index (χ3n) is 3.07. The van der Waals surface area contributed by atoms with Crippen LogP contribution in [0.5, 0.6) is 0 Å². The van der Waals surface area contributed by atoms with Crippen LogP contribution in [0.2, 0.25) is 0 Å². The summed E-state index contributed by atoms with van der Waals surface area (Å²) >= 11 is 0.997. The Labute approximate surface area is 144 Å². The molecular formula is C16H12F3NO4S. The SMILES string of the molecule is CCOC(=O)c1ccc(Sc2ccc([N+](=O)[O-])c(C(F)(F)F)c2)cc1. The van der Waals surface area contributed by atoms with E-state index in [0.717, 1.165) is 23.9 Å². The van der Waals surface area contributed by atoms with Crippen LogP contribution < -0.4 is 0 Å². The first kappa shape index (κ1) is 18.8. The Morgan fingerprint density at radius 2 is 1.76 bits per heavy atom. The van der Waals surface area contributed by atoms with Gasteiger partial charge in [-0.3, -0.25) is 10.1 Å². The van der Waals surface area contributed by atoms with Gasteiger partial charge in [-0.15, -0.1) is 0 Å². The standard InChI is InChI=1S/C16H12F3NO4S/c1-2-24-15(21)10-3-5-11(6-4-10)25-12-7-8-14(20(22)23)13(9-12)16(17,18)19/h3-9H,2H2,1H3. The van der Waals surface area contributed by atoms with E-state index in [1.165, 1.54) is 18.2 Å². The normalized spacial score (nSPS) is 11.2. The van der Waals surface area contributed by atoms with Crippen molar-refractivity contribution < 1.29 is 27.6 Å². The first-order valence-corrected chi connectivity index (χ1v) is 7.84. The molecule has 0 atom stereocenters. The summed E-state index contributed by atoms with van der Waals surface area (Å²) in [6.45, 7) is 1.91. The molecule has 0 fully saturated rings. The van der Waals surface area contributed by atoms with Crippen LogP contribution in [0.25, 0.3) is 0 Å². The zero-order valence-electron chi connectivity index (χ0n) is 12.9. The van der Waals surface area contributed by atoms with Gasteiger partial charge in [0.05, 0.1) is 17.1 Å². The van der Waals surface area contributed by atoms with Crippen molar-refractivity contribution in [1.29, 1.82) is 0 Å². The van der Waals surface area contributed by atoms with Crippen molar-refractivity contribution in [3.63, 3.8) is 0 Å². The lowest BCUT2D eigenvalue weighted by molar-refractivity contribution is -0.388. The fourth-order valence-corrected chi connectivity index (χ4v) is 2.83. The van der Waals surface area contributed by atoms with Gasteiger partial charge in [0.15, 0.2) is 0 Å². The van der Waals surface area contributed by atoms with Gasteiger partial charge in [0.2, 0.25) is 0 Å². The van der Waals surface area contributed by atoms with Gasteiger partial charge in [-0.25, -0.2) is 4.79 Å². The minimum atomic E-state index is -4.83. The highest BCUT2D eigenvalue weighted by Crippen LogP contribution is 2.39. The summed E-state index contributed by atoms with van der Waals surface area (Å²) in [5.74, 6) is -0.492. The Morgan fingerprint density at radius 3 is 2.28 bits per heavy atom. The van der Waals surface area contributed by atoms with Crippen LogP contribution in [0.3, 0.4) is 0 Å². The molecule has 0 saturated carbocycles. The van der Waals surface area contributed by atoms with E-state index >= 15 is 0 Å². The van der Waals surface area contributed by atoms with Crippen molar-refractivity contribution in [1.82, 2.24) is 0 Å². The summed E-state index contributed by atoms with van der Waals surface area (Å²) in [4.78, 5) is 22.0. The van der Waals surface area contributed by atoms with Crippen LogP contribution in [0.1, 0.15) is 22.8 Å². The van der Waals surface area contributed by atoms with E-state index in [9.17, 15) is 28.1 Å². The van der Waals surface area contributed by atoms with Crippen LogP contribution in [0.4, 0.5) is 18.9 Å². The molecule has 9 heteroatoms. The van der Waals surface area contributed by atoms with Crippen LogP contribution in [-0.2, 0) is 10.9 Å². The molecule has 0 aliphatic carbocycles. The van der Waals surface area contributed by atoms with Gasteiger partial charge in [-0.05, 0) is 43.3 Å². The number of carbonyl (C=O) groups is 1. The molecule has 2 aromatic rings. The number of benzene rings is 2. The van der Waals surface area contributed by atoms with Crippen LogP contribution in [0.15, 0.2) is 52.3 Å². The second-order valence-corrected chi connectivity index (χ2v) is 5.93. The lowest BCUT2D eigenvalue weighted by Gasteiger charge is -2.09. The second-order valence-electron chi connectivity index (χ2n) is 4.78. The summed E-state index contributed by atoms with van der Waals surface area (Å²) < 4.78 is 43.8. The Balaban J connectivity index is 2.26. The zero-order chi connectivity index (χ0) is 18.6. The summed E-state index contributed by atoms with van der Waals surface area (Å²) in [6, 6.07) is 8.93. The summed E-state index contributed by atoms with van der Waals surface area (Å²) in [5, 5.41) is 10.7. The number of nitro benzene ring substituents is 1. The van der Waals surface area contributed by atoms with E-state index in [1.54, 1.807) is 19.1 Å². The van der Waals surface area contributed by atoms with Gasteiger partial charge in [0.1, 0.15) is 5.56 Å². The quantitative estimate of drug-likeness (QED) is 0.423. The number of carbonyl (C=O) groups excluding carboxylic acids is 1. The van der Waals surface area contributed by atoms with E-state index in [4.69, 9.17) is 4.74 Å². The second kappa shape index (κ2) is 7.56. The maximum absolute atomic E-state index is 13.0. The fraction of sp³-hybridized carbons (Fsp3) is 0.188. The van der Waals surface area contributed by atoms with E-state index < -0.39 is 28.3 Å². The number of rotatable bonds is 5. The number of esters is 1. The maximum atomic E-state index is 13.0. The van der Waals surface area contributed by atoms with Crippen LogP contribution in [-0.4, -0.2) is 17.5 Å². The highest BCUT2D eigenvalue weighted by atomic mass is 32.2. The molecule has 0 amide bonds. The van der Waals surface area contributed by atoms with Crippen molar-refractivity contribution >= 4 is 23.4 Å². The molecule has 0 aromatic heterocycles. The van der Waals surface area contributed by atoms with Crippen molar-refractivity contribution in [3.05, 3.63) is 63.7 Å². The van der Waals surface area contributed by atoms with E-state index in [1.807, 2.05) is 0 Å². The number of alkyl halides is 3. The zero-order valence-corrected chi connectivity index (χ0v) is 13.7. The number of nitro groups is 1. The minimum absolute atomic E-state index is 0.196. The molecule has 0 radical (unpaired) electrons. The molecule has 5 nitrogen and oxygen atoms in total. The molecule has 132 valence electrons. The Morgan fingerprint density at radius 1 is 1.16 bits per heavy atom. The molecule has 2 rings (SSSR count). The number of nitrogens with zero attached hydrogens (tertiary/aromatic N) is 1. The van der Waals surface area contributed by atoms with Gasteiger partial charge < -0.3 is 4.74 Å². The molecule has 0 heterocycles. The fourth-order valence-electron chi connectivity index (χ4n) is 1.97. The molecule has 0 aliphatic heterocycles. The molecular weight excluding hydrogens is 359 g/mol. The average molecular weight is 371 g/mol. The summed E-state index contributed by atoms with van der Waals surface area (Å²) in [6.07, 6.45) is -4.83. The highest BCUT2D eigenvalue weighted by Gasteiger charge is 2.38. The molecule has 0 aliphatic rings.